The first kappa shape index (κ1) is 14.9. The zero-order chi connectivity index (χ0) is 16.2. The fourth-order valence-electron chi connectivity index (χ4n) is 2.43. The standard InChI is InChI=1S/C19H16N2O2/c1-14(22)15-6-8-18(9-7-15)20-19(23)13-21-11-10-16-4-2-3-5-17(16)12-21/h2-12H,13H2,1H3/p+1. The van der Waals surface area contributed by atoms with Crippen molar-refractivity contribution in [3.05, 3.63) is 72.6 Å². The van der Waals surface area contributed by atoms with Gasteiger partial charge in [-0.1, -0.05) is 18.2 Å². The van der Waals surface area contributed by atoms with Crippen molar-refractivity contribution in [3.8, 4) is 0 Å². The lowest BCUT2D eigenvalue weighted by molar-refractivity contribution is -0.682. The molecular formula is C19H17N2O2+. The number of hydrogen-bond acceptors (Lipinski definition) is 2. The van der Waals surface area contributed by atoms with Crippen molar-refractivity contribution in [1.29, 1.82) is 0 Å². The minimum Gasteiger partial charge on any atom is -0.321 e. The maximum Gasteiger partial charge on any atom is 0.290 e. The van der Waals surface area contributed by atoms with Gasteiger partial charge in [0.2, 0.25) is 6.54 Å². The van der Waals surface area contributed by atoms with Gasteiger partial charge in [0.15, 0.2) is 18.2 Å². The van der Waals surface area contributed by atoms with Crippen LogP contribution < -0.4 is 9.88 Å². The quantitative estimate of drug-likeness (QED) is 0.595. The van der Waals surface area contributed by atoms with Gasteiger partial charge < -0.3 is 5.32 Å². The number of amides is 1. The maximum atomic E-state index is 12.1. The van der Waals surface area contributed by atoms with E-state index >= 15 is 0 Å². The van der Waals surface area contributed by atoms with E-state index in [0.29, 0.717) is 11.3 Å². The van der Waals surface area contributed by atoms with Crippen molar-refractivity contribution in [2.75, 3.05) is 5.32 Å². The van der Waals surface area contributed by atoms with Gasteiger partial charge in [-0.15, -0.1) is 0 Å². The van der Waals surface area contributed by atoms with E-state index in [1.807, 2.05) is 47.3 Å². The van der Waals surface area contributed by atoms with E-state index in [1.54, 1.807) is 24.3 Å². The van der Waals surface area contributed by atoms with Crippen LogP contribution in [0.3, 0.4) is 0 Å². The van der Waals surface area contributed by atoms with Gasteiger partial charge in [-0.3, -0.25) is 9.59 Å². The van der Waals surface area contributed by atoms with E-state index in [4.69, 9.17) is 0 Å². The van der Waals surface area contributed by atoms with Gasteiger partial charge in [0.05, 0.1) is 0 Å². The Hall–Kier alpha value is -3.01. The Morgan fingerprint density at radius 2 is 1.65 bits per heavy atom. The van der Waals surface area contributed by atoms with Crippen molar-refractivity contribution in [1.82, 2.24) is 0 Å². The summed E-state index contributed by atoms with van der Waals surface area (Å²) in [5.74, 6) is -0.101. The second-order valence-electron chi connectivity index (χ2n) is 5.43. The van der Waals surface area contributed by atoms with Crippen LogP contribution in [-0.4, -0.2) is 11.7 Å². The van der Waals surface area contributed by atoms with Gasteiger partial charge in [0.25, 0.3) is 5.91 Å². The number of carbonyl (C=O) groups excluding carboxylic acids is 2. The Morgan fingerprint density at radius 3 is 2.35 bits per heavy atom. The molecule has 0 spiro atoms. The van der Waals surface area contributed by atoms with Crippen LogP contribution in [0.25, 0.3) is 10.8 Å². The Bertz CT molecular complexity index is 870. The number of nitrogens with one attached hydrogen (secondary N) is 1. The number of pyridine rings is 1. The number of anilines is 1. The number of ketones is 1. The molecule has 1 aromatic heterocycles. The van der Waals surface area contributed by atoms with E-state index in [9.17, 15) is 9.59 Å². The summed E-state index contributed by atoms with van der Waals surface area (Å²) >= 11 is 0. The molecule has 3 aromatic rings. The number of nitrogens with zero attached hydrogens (tertiary/aromatic N) is 1. The average Bonchev–Trinajstić information content (AvgIpc) is 2.55. The molecule has 0 saturated carbocycles. The SMILES string of the molecule is CC(=O)c1ccc(NC(=O)C[n+]2ccc3ccccc3c2)cc1. The molecule has 1 amide bonds. The normalized spacial score (nSPS) is 10.5. The Labute approximate surface area is 134 Å². The average molecular weight is 305 g/mol. The molecule has 3 rings (SSSR count). The minimum absolute atomic E-state index is 0.00888. The molecule has 1 heterocycles. The number of benzene rings is 2. The first-order chi connectivity index (χ1) is 11.1. The Morgan fingerprint density at radius 1 is 0.957 bits per heavy atom. The van der Waals surface area contributed by atoms with Crippen molar-refractivity contribution < 1.29 is 14.2 Å². The predicted octanol–water partition coefficient (Wildman–Crippen LogP) is 2.97. The van der Waals surface area contributed by atoms with E-state index in [2.05, 4.69) is 5.32 Å². The van der Waals surface area contributed by atoms with E-state index in [0.717, 1.165) is 10.8 Å². The molecular weight excluding hydrogens is 288 g/mol. The van der Waals surface area contributed by atoms with Gasteiger partial charge >= 0.3 is 0 Å². The summed E-state index contributed by atoms with van der Waals surface area (Å²) in [6.07, 6.45) is 3.84. The summed E-state index contributed by atoms with van der Waals surface area (Å²) in [6, 6.07) is 16.9. The molecule has 1 N–H and O–H groups in total. The van der Waals surface area contributed by atoms with Crippen molar-refractivity contribution in [2.45, 2.75) is 13.5 Å². The third-order valence-electron chi connectivity index (χ3n) is 3.65. The summed E-state index contributed by atoms with van der Waals surface area (Å²) in [5, 5.41) is 5.07. The molecule has 2 aromatic carbocycles. The number of fused-ring (bicyclic) bond motifs is 1. The zero-order valence-corrected chi connectivity index (χ0v) is 12.8. The molecule has 0 saturated heterocycles. The smallest absolute Gasteiger partial charge is 0.290 e. The fraction of sp³-hybridized carbons (Fsp3) is 0.105. The molecule has 4 nitrogen and oxygen atoms in total. The lowest BCUT2D eigenvalue weighted by atomic mass is 10.1. The number of aromatic nitrogens is 1. The van der Waals surface area contributed by atoms with Crippen LogP contribution in [0.4, 0.5) is 5.69 Å². The first-order valence-corrected chi connectivity index (χ1v) is 7.40. The highest BCUT2D eigenvalue weighted by molar-refractivity contribution is 5.95. The van der Waals surface area contributed by atoms with Crippen molar-refractivity contribution >= 4 is 28.2 Å². The Kier molecular flexibility index (Phi) is 4.15. The van der Waals surface area contributed by atoms with Crippen LogP contribution >= 0.6 is 0 Å². The summed E-state index contributed by atoms with van der Waals surface area (Å²) in [7, 11) is 0. The molecule has 0 bridgehead atoms. The maximum absolute atomic E-state index is 12.1. The molecule has 4 heteroatoms. The monoisotopic (exact) mass is 305 g/mol. The Balaban J connectivity index is 1.69. The second kappa shape index (κ2) is 6.40. The largest absolute Gasteiger partial charge is 0.321 e. The van der Waals surface area contributed by atoms with Crippen LogP contribution in [0.2, 0.25) is 0 Å². The number of hydrogen-bond donors (Lipinski definition) is 1. The number of carbonyl (C=O) groups is 2. The highest BCUT2D eigenvalue weighted by Crippen LogP contribution is 2.11. The van der Waals surface area contributed by atoms with Crippen LogP contribution in [0, 0.1) is 0 Å². The molecule has 0 radical (unpaired) electrons. The van der Waals surface area contributed by atoms with E-state index in [-0.39, 0.29) is 18.2 Å². The lowest BCUT2D eigenvalue weighted by Crippen LogP contribution is -2.39. The van der Waals surface area contributed by atoms with Gasteiger partial charge in [-0.25, -0.2) is 0 Å². The number of rotatable bonds is 4. The van der Waals surface area contributed by atoms with Gasteiger partial charge in [-0.05, 0) is 42.6 Å². The second-order valence-corrected chi connectivity index (χ2v) is 5.43. The lowest BCUT2D eigenvalue weighted by Gasteiger charge is -2.04. The minimum atomic E-state index is -0.110. The third kappa shape index (κ3) is 3.61. The van der Waals surface area contributed by atoms with Crippen molar-refractivity contribution in [3.63, 3.8) is 0 Å². The highest BCUT2D eigenvalue weighted by atomic mass is 16.2. The summed E-state index contributed by atoms with van der Waals surface area (Å²) in [5.41, 5.74) is 1.31. The number of Topliss-reactive ketones (excluding diaryl/α,β-unsaturated/α-hetero) is 1. The summed E-state index contributed by atoms with van der Waals surface area (Å²) in [4.78, 5) is 23.4. The topological polar surface area (TPSA) is 50.1 Å². The molecule has 0 fully saturated rings. The molecule has 23 heavy (non-hydrogen) atoms. The van der Waals surface area contributed by atoms with Crippen LogP contribution in [0.1, 0.15) is 17.3 Å². The molecule has 0 unspecified atom stereocenters. The predicted molar refractivity (Wildman–Crippen MR) is 89.2 cm³/mol. The molecule has 0 aliphatic heterocycles. The fourth-order valence-corrected chi connectivity index (χ4v) is 2.43. The first-order valence-electron chi connectivity index (χ1n) is 7.40. The van der Waals surface area contributed by atoms with Crippen LogP contribution in [0.15, 0.2) is 67.0 Å². The molecule has 114 valence electrons. The zero-order valence-electron chi connectivity index (χ0n) is 12.8. The molecule has 0 atom stereocenters. The van der Waals surface area contributed by atoms with E-state index in [1.165, 1.54) is 6.92 Å². The van der Waals surface area contributed by atoms with Crippen molar-refractivity contribution in [2.24, 2.45) is 0 Å². The molecule has 0 aliphatic rings. The van der Waals surface area contributed by atoms with Gasteiger partial charge in [0, 0.05) is 22.7 Å². The summed E-state index contributed by atoms with van der Waals surface area (Å²) in [6.45, 7) is 1.75. The van der Waals surface area contributed by atoms with Gasteiger partial charge in [-0.2, -0.15) is 4.57 Å². The van der Waals surface area contributed by atoms with Gasteiger partial charge in [0.1, 0.15) is 0 Å². The summed E-state index contributed by atoms with van der Waals surface area (Å²) < 4.78 is 1.85. The van der Waals surface area contributed by atoms with Crippen LogP contribution in [-0.2, 0) is 11.3 Å². The van der Waals surface area contributed by atoms with Crippen LogP contribution in [0.5, 0.6) is 0 Å². The molecule has 0 aliphatic carbocycles. The third-order valence-corrected chi connectivity index (χ3v) is 3.65. The van der Waals surface area contributed by atoms with E-state index < -0.39 is 0 Å². The highest BCUT2D eigenvalue weighted by Gasteiger charge is 2.10.